The van der Waals surface area contributed by atoms with E-state index in [1.54, 1.807) is 11.6 Å². The lowest BCUT2D eigenvalue weighted by Gasteiger charge is -2.32. The van der Waals surface area contributed by atoms with Gasteiger partial charge in [-0.05, 0) is 37.3 Å². The third-order valence-corrected chi connectivity index (χ3v) is 5.41. The number of hydrogen-bond donors (Lipinski definition) is 3. The summed E-state index contributed by atoms with van der Waals surface area (Å²) in [4.78, 5) is 11.6. The van der Waals surface area contributed by atoms with Gasteiger partial charge in [0.15, 0.2) is 0 Å². The van der Waals surface area contributed by atoms with Crippen molar-refractivity contribution < 1.29 is 0 Å². The third-order valence-electron chi connectivity index (χ3n) is 5.41. The monoisotopic (exact) mass is 343 g/mol. The molecule has 0 bridgehead atoms. The summed E-state index contributed by atoms with van der Waals surface area (Å²) < 4.78 is 1.63. The van der Waals surface area contributed by atoms with Gasteiger partial charge < -0.3 is 10.6 Å². The number of rotatable bonds is 6. The highest BCUT2D eigenvalue weighted by molar-refractivity contribution is 5.52. The van der Waals surface area contributed by atoms with Crippen LogP contribution in [0.5, 0.6) is 0 Å². The molecule has 3 rings (SSSR count). The Kier molecular flexibility index (Phi) is 5.58. The summed E-state index contributed by atoms with van der Waals surface area (Å²) in [6, 6.07) is 6.99. The molecule has 25 heavy (non-hydrogen) atoms. The van der Waals surface area contributed by atoms with Gasteiger partial charge in [0.2, 0.25) is 0 Å². The Hall–Kier alpha value is -2.08. The largest absolute Gasteiger partial charge is 0.388 e. The first-order valence-electron chi connectivity index (χ1n) is 9.19. The number of aryl methyl sites for hydroxylation is 1. The summed E-state index contributed by atoms with van der Waals surface area (Å²) in [6.45, 7) is 2.99. The Morgan fingerprint density at radius 2 is 2.12 bits per heavy atom. The molecule has 1 aromatic carbocycles. The molecule has 0 saturated heterocycles. The lowest BCUT2D eigenvalue weighted by Crippen LogP contribution is -2.39. The van der Waals surface area contributed by atoms with Crippen molar-refractivity contribution in [3.05, 3.63) is 45.6 Å². The molecule has 6 nitrogen and oxygen atoms in total. The summed E-state index contributed by atoms with van der Waals surface area (Å²) in [5, 5.41) is 13.8. The first-order valence-corrected chi connectivity index (χ1v) is 9.19. The average Bonchev–Trinajstić information content (AvgIpc) is 2.93. The van der Waals surface area contributed by atoms with Crippen molar-refractivity contribution in [2.24, 2.45) is 13.0 Å². The van der Waals surface area contributed by atoms with Crippen LogP contribution in [0.2, 0.25) is 0 Å². The molecule has 6 heteroatoms. The molecule has 1 saturated carbocycles. The second kappa shape index (κ2) is 7.87. The number of anilines is 1. The van der Waals surface area contributed by atoms with E-state index in [9.17, 15) is 4.79 Å². The number of nitrogens with zero attached hydrogens (tertiary/aromatic N) is 2. The van der Waals surface area contributed by atoms with E-state index in [0.29, 0.717) is 12.0 Å². The van der Waals surface area contributed by atoms with E-state index in [4.69, 9.17) is 0 Å². The molecule has 0 amide bonds. The zero-order valence-corrected chi connectivity index (χ0v) is 15.4. The van der Waals surface area contributed by atoms with Gasteiger partial charge in [-0.2, -0.15) is 5.10 Å². The first-order chi connectivity index (χ1) is 12.1. The standard InChI is InChI=1S/C19H29N5O/c1-13-8-9-16(20-2)15(10-13)12-21-17-7-5-4-6-14(17)11-18-22-23-19(25)24(18)3/h8-10,14,17,20-21H,4-7,11-12H2,1-3H3,(H,23,25)/t14-,17-/m1/s1. The van der Waals surface area contributed by atoms with E-state index in [0.717, 1.165) is 18.8 Å². The summed E-state index contributed by atoms with van der Waals surface area (Å²) in [5.74, 6) is 1.38. The Labute approximate surface area is 149 Å². The Morgan fingerprint density at radius 3 is 2.84 bits per heavy atom. The van der Waals surface area contributed by atoms with E-state index in [-0.39, 0.29) is 5.69 Å². The second-order valence-electron chi connectivity index (χ2n) is 7.15. The Morgan fingerprint density at radius 1 is 1.32 bits per heavy atom. The highest BCUT2D eigenvalue weighted by atomic mass is 16.1. The van der Waals surface area contributed by atoms with Gasteiger partial charge in [0.25, 0.3) is 0 Å². The molecule has 1 aromatic heterocycles. The maximum absolute atomic E-state index is 11.6. The molecule has 2 atom stereocenters. The van der Waals surface area contributed by atoms with Crippen molar-refractivity contribution in [3.8, 4) is 0 Å². The molecule has 1 fully saturated rings. The smallest absolute Gasteiger partial charge is 0.343 e. The van der Waals surface area contributed by atoms with E-state index in [2.05, 4.69) is 46.0 Å². The molecular formula is C19H29N5O. The number of H-pyrrole nitrogens is 1. The minimum Gasteiger partial charge on any atom is -0.388 e. The second-order valence-corrected chi connectivity index (χ2v) is 7.15. The van der Waals surface area contributed by atoms with Gasteiger partial charge in [0, 0.05) is 38.8 Å². The number of nitrogens with one attached hydrogen (secondary N) is 3. The van der Waals surface area contributed by atoms with Crippen molar-refractivity contribution in [3.63, 3.8) is 0 Å². The number of hydrogen-bond acceptors (Lipinski definition) is 4. The zero-order chi connectivity index (χ0) is 17.8. The van der Waals surface area contributed by atoms with Crippen LogP contribution in [0.4, 0.5) is 5.69 Å². The molecule has 0 spiro atoms. The van der Waals surface area contributed by atoms with Gasteiger partial charge in [0.1, 0.15) is 5.82 Å². The predicted octanol–water partition coefficient (Wildman–Crippen LogP) is 2.35. The van der Waals surface area contributed by atoms with Gasteiger partial charge in [-0.15, -0.1) is 0 Å². The normalized spacial score (nSPS) is 20.6. The molecule has 0 radical (unpaired) electrons. The highest BCUT2D eigenvalue weighted by Gasteiger charge is 2.26. The quantitative estimate of drug-likeness (QED) is 0.753. The van der Waals surface area contributed by atoms with Crippen LogP contribution in [0.1, 0.15) is 42.6 Å². The summed E-state index contributed by atoms with van der Waals surface area (Å²) >= 11 is 0. The zero-order valence-electron chi connectivity index (χ0n) is 15.4. The fourth-order valence-corrected chi connectivity index (χ4v) is 3.87. The van der Waals surface area contributed by atoms with E-state index in [1.165, 1.54) is 42.5 Å². The van der Waals surface area contributed by atoms with Gasteiger partial charge in [-0.1, -0.05) is 30.5 Å². The average molecular weight is 343 g/mol. The maximum atomic E-state index is 11.6. The van der Waals surface area contributed by atoms with Gasteiger partial charge >= 0.3 is 5.69 Å². The Bertz CT molecular complexity index is 763. The summed E-state index contributed by atoms with van der Waals surface area (Å²) in [6.07, 6.45) is 5.74. The van der Waals surface area contributed by atoms with Crippen LogP contribution in [0.3, 0.4) is 0 Å². The van der Waals surface area contributed by atoms with E-state index >= 15 is 0 Å². The molecule has 3 N–H and O–H groups in total. The van der Waals surface area contributed by atoms with Crippen molar-refractivity contribution in [2.75, 3.05) is 12.4 Å². The van der Waals surface area contributed by atoms with E-state index < -0.39 is 0 Å². The van der Waals surface area contributed by atoms with Crippen molar-refractivity contribution in [1.82, 2.24) is 20.1 Å². The van der Waals surface area contributed by atoms with Crippen LogP contribution in [-0.2, 0) is 20.0 Å². The number of aromatic nitrogens is 3. The van der Waals surface area contributed by atoms with Gasteiger partial charge in [-0.3, -0.25) is 4.57 Å². The Balaban J connectivity index is 1.68. The highest BCUT2D eigenvalue weighted by Crippen LogP contribution is 2.27. The minimum atomic E-state index is -0.131. The lowest BCUT2D eigenvalue weighted by atomic mass is 9.82. The number of aromatic amines is 1. The fraction of sp³-hybridized carbons (Fsp3) is 0.579. The SMILES string of the molecule is CNc1ccc(C)cc1CN[C@@H]1CCCC[C@@H]1Cc1n[nH]c(=O)n1C. The molecule has 136 valence electrons. The molecule has 0 aliphatic heterocycles. The van der Waals surface area contributed by atoms with E-state index in [1.807, 2.05) is 7.05 Å². The summed E-state index contributed by atoms with van der Waals surface area (Å²) in [7, 11) is 3.76. The van der Waals surface area contributed by atoms with Gasteiger partial charge in [-0.25, -0.2) is 9.89 Å². The molecule has 1 heterocycles. The topological polar surface area (TPSA) is 74.7 Å². The van der Waals surface area contributed by atoms with Gasteiger partial charge in [0.05, 0.1) is 0 Å². The molecule has 0 unspecified atom stereocenters. The fourth-order valence-electron chi connectivity index (χ4n) is 3.87. The molecule has 2 aromatic rings. The van der Waals surface area contributed by atoms with Crippen LogP contribution in [0, 0.1) is 12.8 Å². The van der Waals surface area contributed by atoms with Crippen molar-refractivity contribution >= 4 is 5.69 Å². The van der Waals surface area contributed by atoms with Crippen LogP contribution in [0.25, 0.3) is 0 Å². The van der Waals surface area contributed by atoms with Crippen LogP contribution in [-0.4, -0.2) is 27.9 Å². The van der Waals surface area contributed by atoms with Crippen molar-refractivity contribution in [1.29, 1.82) is 0 Å². The van der Waals surface area contributed by atoms with Crippen LogP contribution >= 0.6 is 0 Å². The van der Waals surface area contributed by atoms with Crippen LogP contribution in [0.15, 0.2) is 23.0 Å². The molecular weight excluding hydrogens is 314 g/mol. The lowest BCUT2D eigenvalue weighted by molar-refractivity contribution is 0.255. The van der Waals surface area contributed by atoms with Crippen LogP contribution < -0.4 is 16.3 Å². The first kappa shape index (κ1) is 17.7. The summed E-state index contributed by atoms with van der Waals surface area (Å²) in [5.41, 5.74) is 3.63. The predicted molar refractivity (Wildman–Crippen MR) is 101 cm³/mol. The molecule has 1 aliphatic rings. The minimum absolute atomic E-state index is 0.131. The van der Waals surface area contributed by atoms with Crippen molar-refractivity contribution in [2.45, 2.75) is 51.6 Å². The third kappa shape index (κ3) is 4.12. The number of benzene rings is 1. The molecule has 1 aliphatic carbocycles. The maximum Gasteiger partial charge on any atom is 0.343 e.